The molecule has 0 spiro atoms. The third-order valence-corrected chi connectivity index (χ3v) is 13.8. The van der Waals surface area contributed by atoms with Gasteiger partial charge >= 0.3 is 6.09 Å². The second-order valence-corrected chi connectivity index (χ2v) is 20.5. The molecule has 0 radical (unpaired) electrons. The van der Waals surface area contributed by atoms with Gasteiger partial charge in [0, 0.05) is 34.2 Å². The molecule has 2 aliphatic carbocycles. The van der Waals surface area contributed by atoms with E-state index in [2.05, 4.69) is 27.3 Å². The molecule has 1 aromatic heterocycles. The number of allylic oxidation sites excluding steroid dienone is 1. The van der Waals surface area contributed by atoms with E-state index in [0.29, 0.717) is 41.5 Å². The molecule has 2 aromatic rings. The van der Waals surface area contributed by atoms with Gasteiger partial charge in [-0.1, -0.05) is 43.7 Å². The number of pyridine rings is 1. The molecule has 6 rings (SSSR count). The number of sulfonamides is 1. The molecule has 4 aliphatic rings. The third-order valence-electron chi connectivity index (χ3n) is 11.3. The molecule has 1 unspecified atom stereocenters. The highest BCUT2D eigenvalue weighted by molar-refractivity contribution is 7.91. The number of nitrogens with zero attached hydrogens (tertiary/aromatic N) is 2. The highest BCUT2D eigenvalue weighted by Crippen LogP contribution is 2.48. The lowest BCUT2D eigenvalue weighted by Gasteiger charge is -2.33. The molecule has 1 saturated heterocycles. The normalized spacial score (nSPS) is 29.5. The number of benzene rings is 1. The van der Waals surface area contributed by atoms with Gasteiger partial charge in [-0.15, -0.1) is 0 Å². The molecule has 3 N–H and O–H groups in total. The van der Waals surface area contributed by atoms with Crippen LogP contribution in [-0.4, -0.2) is 88.8 Å². The molecule has 7 atom stereocenters. The van der Waals surface area contributed by atoms with Gasteiger partial charge in [-0.25, -0.2) is 13.2 Å². The molecular weight excluding hydrogens is 774 g/mol. The third kappa shape index (κ3) is 9.45. The van der Waals surface area contributed by atoms with E-state index in [1.54, 1.807) is 52.0 Å². The Labute approximate surface area is 340 Å². The SMILES string of the molecule is CC(C)Oc1cc2c(Cl)cccc2c(O[C@@H]2C[C@H]3C(=O)N[C@]4(C(=O)NS(=O)(=O)C5(C)CC5)CC4/C=C\CC[C@@H](C)C[C@@H](C)[C@H](NC(=O)OC(C)(C)C)C(=O)N3C2)n1. The highest BCUT2D eigenvalue weighted by atomic mass is 35.5. The molecule has 2 saturated carbocycles. The maximum Gasteiger partial charge on any atom is 0.408 e. The predicted molar refractivity (Wildman–Crippen MR) is 215 cm³/mol. The van der Waals surface area contributed by atoms with E-state index in [1.165, 1.54) is 4.90 Å². The van der Waals surface area contributed by atoms with Crippen molar-refractivity contribution in [3.05, 3.63) is 41.4 Å². The number of alkyl carbamates (subject to hydrolysis) is 1. The number of carbonyl (C=O) groups excluding carboxylic acids is 4. The van der Waals surface area contributed by atoms with Crippen LogP contribution in [0, 0.1) is 17.8 Å². The van der Waals surface area contributed by atoms with Gasteiger partial charge in [-0.3, -0.25) is 19.1 Å². The zero-order chi connectivity index (χ0) is 41.7. The molecule has 14 nitrogen and oxygen atoms in total. The van der Waals surface area contributed by atoms with Crippen molar-refractivity contribution in [2.75, 3.05) is 6.54 Å². The average Bonchev–Trinajstić information content (AvgIpc) is 3.98. The topological polar surface area (TPSA) is 182 Å². The molecular formula is C41H56ClN5O9S. The van der Waals surface area contributed by atoms with Crippen LogP contribution in [-0.2, 0) is 29.1 Å². The summed E-state index contributed by atoms with van der Waals surface area (Å²) in [5.74, 6) is -2.21. The molecule has 3 fully saturated rings. The molecule has 16 heteroatoms. The standard InChI is InChI=1S/C41H56ClN5O9S/c1-23(2)54-32-20-29-28(14-11-15-30(29)42)35(43-32)55-27-19-31-34(48)45-41(37(50)46-57(52,53)40(8)16-17-40)21-26(41)13-10-9-12-24(3)18-25(4)33(36(49)47(31)22-27)44-38(51)56-39(5,6)7/h10-11,13-15,20,23-27,31,33H,9,12,16-19,21-22H2,1-8H3,(H,44,51)(H,45,48)(H,46,50)/b13-10-/t24-,25-,26?,27-,31+,33+,41-/m1/s1. The van der Waals surface area contributed by atoms with Gasteiger partial charge in [-0.05, 0) is 104 Å². The number of ether oxygens (including phenoxy) is 3. The molecule has 2 aliphatic heterocycles. The summed E-state index contributed by atoms with van der Waals surface area (Å²) >= 11 is 6.60. The number of nitrogens with one attached hydrogen (secondary N) is 3. The van der Waals surface area contributed by atoms with Crippen molar-refractivity contribution in [1.29, 1.82) is 0 Å². The van der Waals surface area contributed by atoms with Gasteiger partial charge < -0.3 is 29.7 Å². The van der Waals surface area contributed by atoms with E-state index < -0.39 is 73.8 Å². The molecule has 3 heterocycles. The second kappa shape index (κ2) is 15.9. The van der Waals surface area contributed by atoms with Crippen LogP contribution in [0.15, 0.2) is 36.4 Å². The number of halogens is 1. The fraction of sp³-hybridized carbons (Fsp3) is 0.634. The van der Waals surface area contributed by atoms with Gasteiger partial charge in [-0.2, -0.15) is 4.98 Å². The van der Waals surface area contributed by atoms with Gasteiger partial charge in [0.2, 0.25) is 33.6 Å². The lowest BCUT2D eigenvalue weighted by atomic mass is 9.88. The van der Waals surface area contributed by atoms with Crippen molar-refractivity contribution < 1.29 is 41.8 Å². The Kier molecular flexibility index (Phi) is 11.9. The first-order valence-electron chi connectivity index (χ1n) is 19.9. The monoisotopic (exact) mass is 829 g/mol. The van der Waals surface area contributed by atoms with Crippen molar-refractivity contribution in [3.63, 3.8) is 0 Å². The molecule has 312 valence electrons. The first-order chi connectivity index (χ1) is 26.6. The Morgan fingerprint density at radius 2 is 1.82 bits per heavy atom. The van der Waals surface area contributed by atoms with Crippen molar-refractivity contribution >= 4 is 56.2 Å². The zero-order valence-electron chi connectivity index (χ0n) is 34.0. The lowest BCUT2D eigenvalue weighted by molar-refractivity contribution is -0.142. The number of amides is 4. The smallest absolute Gasteiger partial charge is 0.408 e. The minimum atomic E-state index is -4.02. The Balaban J connectivity index is 1.37. The number of aromatic nitrogens is 1. The number of rotatable bonds is 8. The molecule has 1 aromatic carbocycles. The number of carbonyl (C=O) groups is 4. The average molecular weight is 830 g/mol. The van der Waals surface area contributed by atoms with Crippen LogP contribution in [0.5, 0.6) is 11.8 Å². The van der Waals surface area contributed by atoms with Crippen LogP contribution < -0.4 is 24.8 Å². The highest BCUT2D eigenvalue weighted by Gasteiger charge is 2.63. The Hall–Kier alpha value is -4.11. The van der Waals surface area contributed by atoms with E-state index >= 15 is 0 Å². The van der Waals surface area contributed by atoms with Crippen LogP contribution in [0.1, 0.15) is 100 Å². The van der Waals surface area contributed by atoms with Gasteiger partial charge in [0.1, 0.15) is 29.3 Å². The molecule has 4 amide bonds. The van der Waals surface area contributed by atoms with E-state index in [-0.39, 0.29) is 49.1 Å². The maximum absolute atomic E-state index is 14.9. The van der Waals surface area contributed by atoms with Crippen molar-refractivity contribution in [2.24, 2.45) is 17.8 Å². The quantitative estimate of drug-likeness (QED) is 0.275. The van der Waals surface area contributed by atoms with E-state index in [9.17, 15) is 27.6 Å². The Morgan fingerprint density at radius 3 is 2.49 bits per heavy atom. The number of hydrogen-bond acceptors (Lipinski definition) is 10. The summed E-state index contributed by atoms with van der Waals surface area (Å²) in [4.78, 5) is 62.7. The zero-order valence-corrected chi connectivity index (χ0v) is 35.6. The number of hydrogen-bond donors (Lipinski definition) is 3. The molecule has 57 heavy (non-hydrogen) atoms. The van der Waals surface area contributed by atoms with E-state index in [0.717, 1.165) is 6.42 Å². The van der Waals surface area contributed by atoms with E-state index in [1.807, 2.05) is 32.9 Å². The van der Waals surface area contributed by atoms with Crippen molar-refractivity contribution in [3.8, 4) is 11.8 Å². The van der Waals surface area contributed by atoms with Gasteiger partial charge in [0.05, 0.1) is 17.4 Å². The van der Waals surface area contributed by atoms with Crippen LogP contribution in [0.2, 0.25) is 5.02 Å². The van der Waals surface area contributed by atoms with Crippen LogP contribution in [0.3, 0.4) is 0 Å². The molecule has 0 bridgehead atoms. The van der Waals surface area contributed by atoms with Crippen LogP contribution in [0.25, 0.3) is 10.8 Å². The fourth-order valence-electron chi connectivity index (χ4n) is 7.77. The summed E-state index contributed by atoms with van der Waals surface area (Å²) in [6.07, 6.45) is 5.10. The lowest BCUT2D eigenvalue weighted by Crippen LogP contribution is -2.59. The Bertz CT molecular complexity index is 2050. The van der Waals surface area contributed by atoms with Crippen LogP contribution >= 0.6 is 11.6 Å². The van der Waals surface area contributed by atoms with Crippen LogP contribution in [0.4, 0.5) is 4.79 Å². The summed E-state index contributed by atoms with van der Waals surface area (Å²) < 4.78 is 45.7. The first-order valence-corrected chi connectivity index (χ1v) is 21.8. The van der Waals surface area contributed by atoms with Crippen molar-refractivity contribution in [1.82, 2.24) is 25.2 Å². The summed E-state index contributed by atoms with van der Waals surface area (Å²) in [5.41, 5.74) is -2.39. The van der Waals surface area contributed by atoms with Gasteiger partial charge in [0.25, 0.3) is 5.91 Å². The second-order valence-electron chi connectivity index (χ2n) is 17.9. The number of fused-ring (bicyclic) bond motifs is 3. The first kappa shape index (κ1) is 42.5. The summed E-state index contributed by atoms with van der Waals surface area (Å²) in [5, 5.41) is 7.40. The minimum absolute atomic E-state index is 0.00487. The largest absolute Gasteiger partial charge is 0.475 e. The summed E-state index contributed by atoms with van der Waals surface area (Å²) in [6, 6.07) is 4.79. The van der Waals surface area contributed by atoms with E-state index in [4.69, 9.17) is 25.8 Å². The maximum atomic E-state index is 14.9. The van der Waals surface area contributed by atoms with Gasteiger partial charge in [0.15, 0.2) is 0 Å². The predicted octanol–water partition coefficient (Wildman–Crippen LogP) is 5.80. The van der Waals surface area contributed by atoms with Crippen molar-refractivity contribution in [2.45, 2.75) is 141 Å². The summed E-state index contributed by atoms with van der Waals surface area (Å²) in [7, 11) is -4.02. The summed E-state index contributed by atoms with van der Waals surface area (Å²) in [6.45, 7) is 14.4. The fourth-order valence-corrected chi connectivity index (χ4v) is 9.31. The Morgan fingerprint density at radius 1 is 1.11 bits per heavy atom. The minimum Gasteiger partial charge on any atom is -0.475 e.